The van der Waals surface area contributed by atoms with Gasteiger partial charge < -0.3 is 0 Å². The summed E-state index contributed by atoms with van der Waals surface area (Å²) in [5.41, 5.74) is 1.42. The van der Waals surface area contributed by atoms with Gasteiger partial charge in [-0.25, -0.2) is 17.6 Å². The SMILES string of the molecule is Cc1ccc(-c2ccc(-c3ccc(C4CCC(C)CC4)cc3)c(F)c2F)c(F)c1F.[HH]. The number of rotatable bonds is 3. The summed E-state index contributed by atoms with van der Waals surface area (Å²) in [6.07, 6.45) is 4.72. The lowest BCUT2D eigenvalue weighted by molar-refractivity contribution is 0.348. The van der Waals surface area contributed by atoms with Crippen LogP contribution >= 0.6 is 0 Å². The first kappa shape index (κ1) is 20.6. The van der Waals surface area contributed by atoms with Gasteiger partial charge in [0.15, 0.2) is 23.3 Å². The Bertz CT molecular complexity index is 1070. The second-order valence-corrected chi connectivity index (χ2v) is 8.43. The molecular weight excluding hydrogens is 388 g/mol. The molecule has 1 aliphatic rings. The van der Waals surface area contributed by atoms with E-state index in [4.69, 9.17) is 0 Å². The van der Waals surface area contributed by atoms with Crippen molar-refractivity contribution >= 4 is 0 Å². The van der Waals surface area contributed by atoms with E-state index in [9.17, 15) is 17.6 Å². The number of hydrogen-bond acceptors (Lipinski definition) is 0. The number of aryl methyl sites for hydroxylation is 1. The molecule has 3 aromatic carbocycles. The maximum absolute atomic E-state index is 14.9. The standard InChI is InChI=1S/C26H24F4.H2/c1-15-3-6-17(7-4-15)18-8-10-19(11-9-18)20-13-14-22(26(30)24(20)28)21-12-5-16(2)23(27)25(21)29;/h5,8-15,17H,3-4,6-7H2,1-2H3;1H. The Balaban J connectivity index is 0.00000272. The van der Waals surface area contributed by atoms with Crippen LogP contribution in [0.5, 0.6) is 0 Å². The molecule has 3 aromatic rings. The zero-order valence-corrected chi connectivity index (χ0v) is 17.1. The van der Waals surface area contributed by atoms with Gasteiger partial charge in [-0.05, 0) is 48.3 Å². The molecule has 0 atom stereocenters. The van der Waals surface area contributed by atoms with Crippen LogP contribution in [0.15, 0.2) is 48.5 Å². The van der Waals surface area contributed by atoms with Gasteiger partial charge in [0, 0.05) is 18.1 Å². The Morgan fingerprint density at radius 1 is 0.633 bits per heavy atom. The van der Waals surface area contributed by atoms with Crippen molar-refractivity contribution in [3.8, 4) is 22.3 Å². The molecule has 158 valence electrons. The zero-order chi connectivity index (χ0) is 21.4. The molecule has 4 rings (SSSR count). The molecule has 0 radical (unpaired) electrons. The second-order valence-electron chi connectivity index (χ2n) is 8.43. The van der Waals surface area contributed by atoms with Gasteiger partial charge in [-0.15, -0.1) is 0 Å². The van der Waals surface area contributed by atoms with Gasteiger partial charge in [-0.1, -0.05) is 68.3 Å². The predicted octanol–water partition coefficient (Wildman–Crippen LogP) is 8.43. The fraction of sp³-hybridized carbons (Fsp3) is 0.308. The topological polar surface area (TPSA) is 0 Å². The molecule has 0 heterocycles. The summed E-state index contributed by atoms with van der Waals surface area (Å²) in [6, 6.07) is 12.9. The van der Waals surface area contributed by atoms with Gasteiger partial charge in [0.2, 0.25) is 0 Å². The van der Waals surface area contributed by atoms with E-state index in [1.807, 2.05) is 12.1 Å². The maximum Gasteiger partial charge on any atom is 0.167 e. The van der Waals surface area contributed by atoms with Gasteiger partial charge in [-0.2, -0.15) is 0 Å². The Morgan fingerprint density at radius 2 is 1.13 bits per heavy atom. The Kier molecular flexibility index (Phi) is 5.68. The normalized spacial score (nSPS) is 19.1. The lowest BCUT2D eigenvalue weighted by Crippen LogP contribution is -2.10. The second kappa shape index (κ2) is 8.25. The highest BCUT2D eigenvalue weighted by atomic mass is 19.2. The summed E-state index contributed by atoms with van der Waals surface area (Å²) in [7, 11) is 0. The molecule has 1 fully saturated rings. The highest BCUT2D eigenvalue weighted by Crippen LogP contribution is 2.37. The number of halogens is 4. The molecule has 0 N–H and O–H groups in total. The summed E-state index contributed by atoms with van der Waals surface area (Å²) >= 11 is 0. The fourth-order valence-corrected chi connectivity index (χ4v) is 4.36. The van der Waals surface area contributed by atoms with Crippen molar-refractivity contribution in [2.45, 2.75) is 45.4 Å². The summed E-state index contributed by atoms with van der Waals surface area (Å²) in [5, 5.41) is 0. The van der Waals surface area contributed by atoms with E-state index in [0.29, 0.717) is 11.5 Å². The molecule has 0 aliphatic heterocycles. The van der Waals surface area contributed by atoms with Crippen LogP contribution in [0.4, 0.5) is 17.6 Å². The molecule has 1 saturated carbocycles. The van der Waals surface area contributed by atoms with E-state index in [-0.39, 0.29) is 23.7 Å². The minimum absolute atomic E-state index is 0. The average molecular weight is 414 g/mol. The van der Waals surface area contributed by atoms with E-state index in [1.54, 1.807) is 12.1 Å². The van der Waals surface area contributed by atoms with Crippen LogP contribution in [0.2, 0.25) is 0 Å². The Labute approximate surface area is 176 Å². The Morgan fingerprint density at radius 3 is 1.77 bits per heavy atom. The summed E-state index contributed by atoms with van der Waals surface area (Å²) in [6.45, 7) is 3.69. The van der Waals surface area contributed by atoms with E-state index in [0.717, 1.165) is 18.8 Å². The third-order valence-electron chi connectivity index (χ3n) is 6.36. The monoisotopic (exact) mass is 414 g/mol. The van der Waals surface area contributed by atoms with Crippen LogP contribution in [-0.4, -0.2) is 0 Å². The molecule has 0 spiro atoms. The van der Waals surface area contributed by atoms with Gasteiger partial charge in [0.25, 0.3) is 0 Å². The van der Waals surface area contributed by atoms with E-state index in [2.05, 4.69) is 6.92 Å². The summed E-state index contributed by atoms with van der Waals surface area (Å²) < 4.78 is 57.8. The lowest BCUT2D eigenvalue weighted by atomic mass is 9.79. The quantitative estimate of drug-likeness (QED) is 0.377. The highest BCUT2D eigenvalue weighted by Gasteiger charge is 2.22. The molecule has 0 nitrogen and oxygen atoms in total. The molecule has 0 unspecified atom stereocenters. The summed E-state index contributed by atoms with van der Waals surface area (Å²) in [4.78, 5) is 0. The molecule has 4 heteroatoms. The first-order valence-corrected chi connectivity index (χ1v) is 10.4. The number of hydrogen-bond donors (Lipinski definition) is 0. The lowest BCUT2D eigenvalue weighted by Gasteiger charge is -2.26. The van der Waals surface area contributed by atoms with Crippen molar-refractivity contribution in [1.29, 1.82) is 0 Å². The highest BCUT2D eigenvalue weighted by molar-refractivity contribution is 5.72. The van der Waals surface area contributed by atoms with E-state index in [1.165, 1.54) is 49.6 Å². The van der Waals surface area contributed by atoms with Gasteiger partial charge >= 0.3 is 0 Å². The van der Waals surface area contributed by atoms with Crippen molar-refractivity contribution in [3.05, 3.63) is 82.9 Å². The van der Waals surface area contributed by atoms with Crippen LogP contribution in [0.3, 0.4) is 0 Å². The minimum Gasteiger partial charge on any atom is -0.203 e. The molecule has 30 heavy (non-hydrogen) atoms. The van der Waals surface area contributed by atoms with Crippen molar-refractivity contribution in [1.82, 2.24) is 0 Å². The Hall–Kier alpha value is -2.62. The van der Waals surface area contributed by atoms with Crippen LogP contribution in [0, 0.1) is 36.1 Å². The zero-order valence-electron chi connectivity index (χ0n) is 17.1. The van der Waals surface area contributed by atoms with Crippen LogP contribution in [0.25, 0.3) is 22.3 Å². The van der Waals surface area contributed by atoms with E-state index < -0.39 is 23.3 Å². The molecule has 0 amide bonds. The van der Waals surface area contributed by atoms with Crippen molar-refractivity contribution < 1.29 is 19.0 Å². The van der Waals surface area contributed by atoms with Gasteiger partial charge in [-0.3, -0.25) is 0 Å². The largest absolute Gasteiger partial charge is 0.203 e. The van der Waals surface area contributed by atoms with Crippen molar-refractivity contribution in [2.75, 3.05) is 0 Å². The van der Waals surface area contributed by atoms with Crippen molar-refractivity contribution in [2.24, 2.45) is 5.92 Å². The summed E-state index contributed by atoms with van der Waals surface area (Å²) in [5.74, 6) is -3.19. The van der Waals surface area contributed by atoms with E-state index >= 15 is 0 Å². The first-order chi connectivity index (χ1) is 14.4. The minimum atomic E-state index is -1.18. The molecular formula is C26H26F4. The smallest absolute Gasteiger partial charge is 0.167 e. The van der Waals surface area contributed by atoms with Crippen molar-refractivity contribution in [3.63, 3.8) is 0 Å². The third-order valence-corrected chi connectivity index (χ3v) is 6.36. The number of benzene rings is 3. The van der Waals surface area contributed by atoms with Crippen LogP contribution in [0.1, 0.15) is 51.1 Å². The molecule has 0 bridgehead atoms. The van der Waals surface area contributed by atoms with Crippen LogP contribution < -0.4 is 0 Å². The molecule has 0 aromatic heterocycles. The molecule has 1 aliphatic carbocycles. The fourth-order valence-electron chi connectivity index (χ4n) is 4.36. The van der Waals surface area contributed by atoms with Gasteiger partial charge in [0.05, 0.1) is 0 Å². The predicted molar refractivity (Wildman–Crippen MR) is 114 cm³/mol. The average Bonchev–Trinajstić information content (AvgIpc) is 2.75. The first-order valence-electron chi connectivity index (χ1n) is 10.4. The maximum atomic E-state index is 14.9. The molecule has 0 saturated heterocycles. The van der Waals surface area contributed by atoms with Gasteiger partial charge in [0.1, 0.15) is 0 Å². The van der Waals surface area contributed by atoms with Crippen LogP contribution in [-0.2, 0) is 0 Å². The third kappa shape index (κ3) is 3.76.